The number of carbonyl (C=O) groups is 1. The molecule has 0 aromatic heterocycles. The number of methoxy groups -OCH3 is 1. The number of likely N-dealkylation sites (tertiary alicyclic amines) is 1. The van der Waals surface area contributed by atoms with E-state index in [4.69, 9.17) is 9.84 Å². The Morgan fingerprint density at radius 1 is 1.64 bits per heavy atom. The SMILES string of the molecule is CCC(COC)N1CC(CC(=O)O)C1. The summed E-state index contributed by atoms with van der Waals surface area (Å²) in [7, 11) is 1.71. The largest absolute Gasteiger partial charge is 0.481 e. The van der Waals surface area contributed by atoms with Crippen molar-refractivity contribution in [2.24, 2.45) is 5.92 Å². The molecule has 1 heterocycles. The fourth-order valence-corrected chi connectivity index (χ4v) is 1.96. The van der Waals surface area contributed by atoms with Crippen LogP contribution in [0.2, 0.25) is 0 Å². The molecule has 1 saturated heterocycles. The zero-order chi connectivity index (χ0) is 10.6. The van der Waals surface area contributed by atoms with Gasteiger partial charge in [-0.05, 0) is 12.3 Å². The van der Waals surface area contributed by atoms with Gasteiger partial charge in [-0.3, -0.25) is 9.69 Å². The molecular weight excluding hydrogens is 182 g/mol. The van der Waals surface area contributed by atoms with Gasteiger partial charge in [0.2, 0.25) is 0 Å². The minimum Gasteiger partial charge on any atom is -0.481 e. The minimum absolute atomic E-state index is 0.305. The first-order valence-corrected chi connectivity index (χ1v) is 5.12. The molecule has 0 spiro atoms. The maximum Gasteiger partial charge on any atom is 0.303 e. The van der Waals surface area contributed by atoms with E-state index < -0.39 is 5.97 Å². The zero-order valence-electron chi connectivity index (χ0n) is 8.90. The van der Waals surface area contributed by atoms with Crippen molar-refractivity contribution >= 4 is 5.97 Å². The normalized spacial score (nSPS) is 20.4. The third kappa shape index (κ3) is 2.96. The monoisotopic (exact) mass is 201 g/mol. The van der Waals surface area contributed by atoms with Gasteiger partial charge in [-0.1, -0.05) is 6.92 Å². The Hall–Kier alpha value is -0.610. The molecule has 1 atom stereocenters. The fourth-order valence-electron chi connectivity index (χ4n) is 1.96. The van der Waals surface area contributed by atoms with E-state index in [0.717, 1.165) is 26.1 Å². The highest BCUT2D eigenvalue weighted by Gasteiger charge is 2.32. The molecule has 1 aliphatic heterocycles. The maximum atomic E-state index is 10.4. The van der Waals surface area contributed by atoms with Crippen LogP contribution < -0.4 is 0 Å². The van der Waals surface area contributed by atoms with Crippen LogP contribution >= 0.6 is 0 Å². The predicted octanol–water partition coefficient (Wildman–Crippen LogP) is 0.818. The second kappa shape index (κ2) is 5.32. The van der Waals surface area contributed by atoms with Gasteiger partial charge in [0.25, 0.3) is 0 Å². The van der Waals surface area contributed by atoms with E-state index in [9.17, 15) is 4.79 Å². The van der Waals surface area contributed by atoms with E-state index in [1.165, 1.54) is 0 Å². The number of carboxylic acids is 1. The Morgan fingerprint density at radius 2 is 2.29 bits per heavy atom. The molecule has 4 heteroatoms. The van der Waals surface area contributed by atoms with Crippen LogP contribution in [0.5, 0.6) is 0 Å². The summed E-state index contributed by atoms with van der Waals surface area (Å²) in [6, 6.07) is 0.463. The Labute approximate surface area is 84.8 Å². The lowest BCUT2D eigenvalue weighted by Crippen LogP contribution is -2.53. The molecule has 1 rings (SSSR count). The van der Waals surface area contributed by atoms with Crippen molar-refractivity contribution in [3.8, 4) is 0 Å². The van der Waals surface area contributed by atoms with Gasteiger partial charge in [0, 0.05) is 26.2 Å². The van der Waals surface area contributed by atoms with E-state index in [1.54, 1.807) is 7.11 Å². The molecule has 1 N–H and O–H groups in total. The lowest BCUT2D eigenvalue weighted by Gasteiger charge is -2.43. The number of rotatable bonds is 6. The number of nitrogens with zero attached hydrogens (tertiary/aromatic N) is 1. The molecule has 0 aromatic rings. The number of ether oxygens (including phenoxy) is 1. The summed E-state index contributed by atoms with van der Waals surface area (Å²) >= 11 is 0. The van der Waals surface area contributed by atoms with Gasteiger partial charge < -0.3 is 9.84 Å². The molecule has 82 valence electrons. The van der Waals surface area contributed by atoms with Crippen LogP contribution in [0.3, 0.4) is 0 Å². The third-order valence-electron chi connectivity index (χ3n) is 2.80. The van der Waals surface area contributed by atoms with Crippen LogP contribution in [0.25, 0.3) is 0 Å². The second-order valence-electron chi connectivity index (χ2n) is 3.94. The highest BCUT2D eigenvalue weighted by molar-refractivity contribution is 5.67. The van der Waals surface area contributed by atoms with Crippen LogP contribution in [0.4, 0.5) is 0 Å². The van der Waals surface area contributed by atoms with Gasteiger partial charge >= 0.3 is 5.97 Å². The molecule has 0 saturated carbocycles. The van der Waals surface area contributed by atoms with Crippen LogP contribution in [-0.2, 0) is 9.53 Å². The summed E-state index contributed by atoms with van der Waals surface area (Å²) in [6.07, 6.45) is 1.37. The van der Waals surface area contributed by atoms with Crippen molar-refractivity contribution in [1.29, 1.82) is 0 Å². The van der Waals surface area contributed by atoms with Gasteiger partial charge in [-0.25, -0.2) is 0 Å². The Kier molecular flexibility index (Phi) is 4.35. The fraction of sp³-hybridized carbons (Fsp3) is 0.900. The highest BCUT2D eigenvalue weighted by Crippen LogP contribution is 2.22. The quantitative estimate of drug-likeness (QED) is 0.691. The molecule has 0 amide bonds. The van der Waals surface area contributed by atoms with Gasteiger partial charge in [0.15, 0.2) is 0 Å². The van der Waals surface area contributed by atoms with Crippen molar-refractivity contribution < 1.29 is 14.6 Å². The highest BCUT2D eigenvalue weighted by atomic mass is 16.5. The van der Waals surface area contributed by atoms with Gasteiger partial charge in [-0.15, -0.1) is 0 Å². The summed E-state index contributed by atoms with van der Waals surface area (Å²) < 4.78 is 5.11. The topological polar surface area (TPSA) is 49.8 Å². The number of hydrogen-bond acceptors (Lipinski definition) is 3. The molecule has 14 heavy (non-hydrogen) atoms. The summed E-state index contributed by atoms with van der Waals surface area (Å²) in [6.45, 7) is 4.70. The summed E-state index contributed by atoms with van der Waals surface area (Å²) in [5.74, 6) is -0.340. The van der Waals surface area contributed by atoms with E-state index in [1.807, 2.05) is 0 Å². The van der Waals surface area contributed by atoms with Crippen molar-refractivity contribution in [2.75, 3.05) is 26.8 Å². The van der Waals surface area contributed by atoms with Crippen LogP contribution in [-0.4, -0.2) is 48.8 Å². The first-order chi connectivity index (χ1) is 6.67. The molecule has 4 nitrogen and oxygen atoms in total. The van der Waals surface area contributed by atoms with Crippen LogP contribution in [0.1, 0.15) is 19.8 Å². The van der Waals surface area contributed by atoms with E-state index in [0.29, 0.717) is 18.4 Å². The summed E-state index contributed by atoms with van der Waals surface area (Å²) in [5, 5.41) is 8.59. The van der Waals surface area contributed by atoms with Crippen LogP contribution in [0.15, 0.2) is 0 Å². The predicted molar refractivity (Wildman–Crippen MR) is 53.3 cm³/mol. The molecular formula is C10H19NO3. The molecule has 1 fully saturated rings. The van der Waals surface area contributed by atoms with Gasteiger partial charge in [0.1, 0.15) is 0 Å². The standard InChI is InChI=1S/C10H19NO3/c1-3-9(7-14-2)11-5-8(6-11)4-10(12)13/h8-9H,3-7H2,1-2H3,(H,12,13). The molecule has 1 unspecified atom stereocenters. The van der Waals surface area contributed by atoms with Crippen molar-refractivity contribution in [2.45, 2.75) is 25.8 Å². The first-order valence-electron chi connectivity index (χ1n) is 5.12. The van der Waals surface area contributed by atoms with E-state index in [-0.39, 0.29) is 0 Å². The molecule has 0 radical (unpaired) electrons. The average Bonchev–Trinajstić information content (AvgIpc) is 2.07. The molecule has 1 aliphatic rings. The second-order valence-corrected chi connectivity index (χ2v) is 3.94. The maximum absolute atomic E-state index is 10.4. The zero-order valence-corrected chi connectivity index (χ0v) is 8.90. The number of hydrogen-bond donors (Lipinski definition) is 1. The van der Waals surface area contributed by atoms with Crippen molar-refractivity contribution in [1.82, 2.24) is 4.90 Å². The van der Waals surface area contributed by atoms with E-state index >= 15 is 0 Å². The molecule has 0 aliphatic carbocycles. The molecule has 0 bridgehead atoms. The number of aliphatic carboxylic acids is 1. The Balaban J connectivity index is 2.21. The first kappa shape index (κ1) is 11.5. The smallest absolute Gasteiger partial charge is 0.303 e. The third-order valence-corrected chi connectivity index (χ3v) is 2.80. The van der Waals surface area contributed by atoms with Crippen molar-refractivity contribution in [3.63, 3.8) is 0 Å². The lowest BCUT2D eigenvalue weighted by atomic mass is 9.94. The average molecular weight is 201 g/mol. The van der Waals surface area contributed by atoms with Gasteiger partial charge in [0.05, 0.1) is 13.0 Å². The number of carboxylic acid groups (broad SMARTS) is 1. The lowest BCUT2D eigenvalue weighted by molar-refractivity contribution is -0.140. The van der Waals surface area contributed by atoms with Gasteiger partial charge in [-0.2, -0.15) is 0 Å². The van der Waals surface area contributed by atoms with E-state index in [2.05, 4.69) is 11.8 Å². The summed E-state index contributed by atoms with van der Waals surface area (Å²) in [5.41, 5.74) is 0. The van der Waals surface area contributed by atoms with Crippen LogP contribution in [0, 0.1) is 5.92 Å². The Bertz CT molecular complexity index is 190. The summed E-state index contributed by atoms with van der Waals surface area (Å²) in [4.78, 5) is 12.7. The van der Waals surface area contributed by atoms with Crippen molar-refractivity contribution in [3.05, 3.63) is 0 Å². The molecule has 0 aromatic carbocycles. The minimum atomic E-state index is -0.686. The Morgan fingerprint density at radius 3 is 2.71 bits per heavy atom.